The summed E-state index contributed by atoms with van der Waals surface area (Å²) >= 11 is 0. The Labute approximate surface area is 197 Å². The molecule has 4 rings (SSSR count). The summed E-state index contributed by atoms with van der Waals surface area (Å²) in [5, 5.41) is 7.93. The largest absolute Gasteiger partial charge is 0.573 e. The highest BCUT2D eigenvalue weighted by Gasteiger charge is 2.31. The van der Waals surface area contributed by atoms with E-state index in [2.05, 4.69) is 15.4 Å². The molecule has 0 radical (unpaired) electrons. The molecule has 6 nitrogen and oxygen atoms in total. The van der Waals surface area contributed by atoms with Crippen molar-refractivity contribution >= 4 is 22.7 Å². The molecular formula is C25H30F3N5O. The Balaban J connectivity index is 1.26. The molecule has 1 aliphatic carbocycles. The molecule has 0 saturated heterocycles. The summed E-state index contributed by atoms with van der Waals surface area (Å²) in [7, 11) is 3.96. The lowest BCUT2D eigenvalue weighted by atomic mass is 9.86. The minimum atomic E-state index is -4.68. The van der Waals surface area contributed by atoms with E-state index in [0.29, 0.717) is 24.5 Å². The fourth-order valence-corrected chi connectivity index (χ4v) is 4.43. The minimum absolute atomic E-state index is 0.188. The molecular weight excluding hydrogens is 443 g/mol. The number of ether oxygens (including phenoxy) is 1. The van der Waals surface area contributed by atoms with Crippen LogP contribution in [0.4, 0.5) is 24.9 Å². The summed E-state index contributed by atoms with van der Waals surface area (Å²) in [4.78, 5) is 11.4. The topological polar surface area (TPSA) is 62.3 Å². The zero-order valence-corrected chi connectivity index (χ0v) is 19.4. The van der Waals surface area contributed by atoms with E-state index in [4.69, 9.17) is 9.97 Å². The Hall–Kier alpha value is -3.07. The van der Waals surface area contributed by atoms with Crippen LogP contribution in [0.2, 0.25) is 0 Å². The molecule has 0 aliphatic heterocycles. The van der Waals surface area contributed by atoms with Crippen LogP contribution >= 0.6 is 0 Å². The van der Waals surface area contributed by atoms with Crippen molar-refractivity contribution in [1.82, 2.24) is 15.3 Å². The third-order valence-corrected chi connectivity index (χ3v) is 6.08. The van der Waals surface area contributed by atoms with E-state index in [9.17, 15) is 13.2 Å². The fraction of sp³-hybridized carbons (Fsp3) is 0.440. The summed E-state index contributed by atoms with van der Waals surface area (Å²) in [5.74, 6) is 1.90. The third kappa shape index (κ3) is 6.50. The van der Waals surface area contributed by atoms with Crippen LogP contribution in [0.15, 0.2) is 48.5 Å². The number of nitrogens with one attached hydrogen (secondary N) is 2. The Morgan fingerprint density at radius 3 is 2.50 bits per heavy atom. The molecule has 1 saturated carbocycles. The highest BCUT2D eigenvalue weighted by Crippen LogP contribution is 2.28. The van der Waals surface area contributed by atoms with Crippen molar-refractivity contribution in [2.45, 2.75) is 44.6 Å². The van der Waals surface area contributed by atoms with Gasteiger partial charge in [-0.25, -0.2) is 4.98 Å². The molecule has 2 N–H and O–H groups in total. The second-order valence-electron chi connectivity index (χ2n) is 8.97. The van der Waals surface area contributed by atoms with Crippen LogP contribution in [0.25, 0.3) is 10.9 Å². The second-order valence-corrected chi connectivity index (χ2v) is 8.97. The predicted octanol–water partition coefficient (Wildman–Crippen LogP) is 5.35. The molecule has 0 bridgehead atoms. The molecule has 1 fully saturated rings. The van der Waals surface area contributed by atoms with Crippen LogP contribution in [0, 0.1) is 5.92 Å². The molecule has 1 heterocycles. The van der Waals surface area contributed by atoms with E-state index >= 15 is 0 Å². The lowest BCUT2D eigenvalue weighted by molar-refractivity contribution is -0.274. The molecule has 0 atom stereocenters. The molecule has 3 aromatic rings. The molecule has 1 aliphatic rings. The Morgan fingerprint density at radius 1 is 1.00 bits per heavy atom. The van der Waals surface area contributed by atoms with Crippen LogP contribution in [0.1, 0.15) is 31.2 Å². The van der Waals surface area contributed by atoms with Crippen LogP contribution in [0.3, 0.4) is 0 Å². The van der Waals surface area contributed by atoms with Gasteiger partial charge in [0.1, 0.15) is 11.6 Å². The van der Waals surface area contributed by atoms with Crippen molar-refractivity contribution in [1.29, 1.82) is 0 Å². The van der Waals surface area contributed by atoms with Crippen molar-refractivity contribution in [2.24, 2.45) is 5.92 Å². The molecule has 1 aromatic heterocycles. The summed E-state index contributed by atoms with van der Waals surface area (Å²) in [6, 6.07) is 14.4. The van der Waals surface area contributed by atoms with Gasteiger partial charge in [-0.1, -0.05) is 24.3 Å². The van der Waals surface area contributed by atoms with Gasteiger partial charge >= 0.3 is 6.36 Å². The lowest BCUT2D eigenvalue weighted by Crippen LogP contribution is -2.31. The first-order valence-electron chi connectivity index (χ1n) is 11.5. The maximum Gasteiger partial charge on any atom is 0.573 e. The van der Waals surface area contributed by atoms with Gasteiger partial charge in [0.2, 0.25) is 5.95 Å². The van der Waals surface area contributed by atoms with E-state index < -0.39 is 6.36 Å². The number of rotatable bonds is 8. The normalized spacial score (nSPS) is 18.6. The Kier molecular flexibility index (Phi) is 7.41. The minimum Gasteiger partial charge on any atom is -0.406 e. The fourth-order valence-electron chi connectivity index (χ4n) is 4.43. The first kappa shape index (κ1) is 24.1. The van der Waals surface area contributed by atoms with E-state index in [1.807, 2.05) is 43.3 Å². The zero-order chi connectivity index (χ0) is 24.1. The number of hydrogen-bond acceptors (Lipinski definition) is 6. The summed E-state index contributed by atoms with van der Waals surface area (Å²) in [6.45, 7) is 1.33. The van der Waals surface area contributed by atoms with Gasteiger partial charge in [0, 0.05) is 32.1 Å². The summed E-state index contributed by atoms with van der Waals surface area (Å²) < 4.78 is 41.2. The van der Waals surface area contributed by atoms with Gasteiger partial charge in [-0.15, -0.1) is 13.2 Å². The average Bonchev–Trinajstić information content (AvgIpc) is 2.79. The van der Waals surface area contributed by atoms with E-state index in [0.717, 1.165) is 54.5 Å². The van der Waals surface area contributed by atoms with Gasteiger partial charge in [-0.05, 0) is 68.0 Å². The molecule has 0 unspecified atom stereocenters. The van der Waals surface area contributed by atoms with Gasteiger partial charge in [-0.2, -0.15) is 4.98 Å². The number of alkyl halides is 3. The van der Waals surface area contributed by atoms with Gasteiger partial charge in [0.15, 0.2) is 0 Å². The van der Waals surface area contributed by atoms with E-state index in [1.54, 1.807) is 12.1 Å². The first-order chi connectivity index (χ1) is 16.3. The van der Waals surface area contributed by atoms with Crippen LogP contribution in [0.5, 0.6) is 5.75 Å². The smallest absolute Gasteiger partial charge is 0.406 e. The number of hydrogen-bond donors (Lipinski definition) is 2. The Morgan fingerprint density at radius 2 is 1.76 bits per heavy atom. The number of fused-ring (bicyclic) bond motifs is 1. The number of halogens is 3. The second kappa shape index (κ2) is 10.5. The van der Waals surface area contributed by atoms with Crippen LogP contribution in [-0.2, 0) is 6.54 Å². The maximum atomic E-state index is 12.4. The number of aromatic nitrogens is 2. The monoisotopic (exact) mass is 473 g/mol. The van der Waals surface area contributed by atoms with Crippen molar-refractivity contribution in [3.8, 4) is 5.75 Å². The zero-order valence-electron chi connectivity index (χ0n) is 19.4. The number of anilines is 2. The molecule has 0 spiro atoms. The van der Waals surface area contributed by atoms with Gasteiger partial charge in [-0.3, -0.25) is 0 Å². The Bertz CT molecular complexity index is 1100. The molecule has 0 amide bonds. The van der Waals surface area contributed by atoms with Crippen molar-refractivity contribution in [3.05, 3.63) is 54.1 Å². The van der Waals surface area contributed by atoms with Crippen molar-refractivity contribution < 1.29 is 17.9 Å². The van der Waals surface area contributed by atoms with E-state index in [1.165, 1.54) is 12.1 Å². The van der Waals surface area contributed by atoms with Gasteiger partial charge < -0.3 is 20.3 Å². The standard InChI is InChI=1S/C25H30F3N5O/c1-33(2)23-21-8-3-4-9-22(21)31-24(32-23)30-19-12-10-17(11-13-19)15-29-16-18-6-5-7-20(14-18)34-25(26,27)28/h3-9,14,17,19,29H,10-13,15-16H2,1-2H3,(H,30,31,32)/t17-,19+. The lowest BCUT2D eigenvalue weighted by Gasteiger charge is -2.29. The average molecular weight is 474 g/mol. The maximum absolute atomic E-state index is 12.4. The first-order valence-corrected chi connectivity index (χ1v) is 11.5. The number of para-hydroxylation sites is 1. The molecule has 34 heavy (non-hydrogen) atoms. The van der Waals surface area contributed by atoms with E-state index in [-0.39, 0.29) is 5.75 Å². The molecule has 2 aromatic carbocycles. The van der Waals surface area contributed by atoms with Crippen LogP contribution < -0.4 is 20.3 Å². The predicted molar refractivity (Wildman–Crippen MR) is 128 cm³/mol. The van der Waals surface area contributed by atoms with Crippen molar-refractivity contribution in [3.63, 3.8) is 0 Å². The highest BCUT2D eigenvalue weighted by molar-refractivity contribution is 5.90. The third-order valence-electron chi connectivity index (χ3n) is 6.08. The highest BCUT2D eigenvalue weighted by atomic mass is 19.4. The number of benzene rings is 2. The molecule has 182 valence electrons. The molecule has 9 heteroatoms. The summed E-state index contributed by atoms with van der Waals surface area (Å²) in [5.41, 5.74) is 1.69. The quantitative estimate of drug-likeness (QED) is 0.460. The number of nitrogens with zero attached hydrogens (tertiary/aromatic N) is 3. The summed E-state index contributed by atoms with van der Waals surface area (Å²) in [6.07, 6.45) is -0.500. The SMILES string of the molecule is CN(C)c1nc(N[C@H]2CC[C@@H](CNCc3cccc(OC(F)(F)F)c3)CC2)nc2ccccc12. The van der Waals surface area contributed by atoms with Crippen molar-refractivity contribution in [2.75, 3.05) is 30.9 Å². The van der Waals surface area contributed by atoms with Crippen LogP contribution in [-0.4, -0.2) is 43.0 Å². The van der Waals surface area contributed by atoms with Gasteiger partial charge in [0.25, 0.3) is 0 Å². The van der Waals surface area contributed by atoms with Gasteiger partial charge in [0.05, 0.1) is 5.52 Å².